The number of benzene rings is 2. The Bertz CT molecular complexity index is 775. The molecule has 0 spiro atoms. The van der Waals surface area contributed by atoms with Gasteiger partial charge in [0.15, 0.2) is 5.37 Å². The number of sulfone groups is 1. The summed E-state index contributed by atoms with van der Waals surface area (Å²) in [6, 6.07) is 14.5. The molecule has 7 heteroatoms. The number of nitrogens with one attached hydrogen (secondary N) is 1. The van der Waals surface area contributed by atoms with Gasteiger partial charge in [0.2, 0.25) is 9.84 Å². The fourth-order valence-corrected chi connectivity index (χ4v) is 4.23. The summed E-state index contributed by atoms with van der Waals surface area (Å²) < 4.78 is 25.3. The van der Waals surface area contributed by atoms with Gasteiger partial charge >= 0.3 is 0 Å². The van der Waals surface area contributed by atoms with Crippen LogP contribution in [0.2, 0.25) is 0 Å². The molecule has 2 rings (SSSR count). The second-order valence-electron chi connectivity index (χ2n) is 4.95. The molecule has 2 aromatic carbocycles. The number of rotatable bonds is 5. The number of hydrogen-bond donors (Lipinski definition) is 1. The maximum Gasteiger partial charge on any atom is 0.252 e. The highest BCUT2D eigenvalue weighted by molar-refractivity contribution is 7.92. The third-order valence-corrected chi connectivity index (χ3v) is 6.01. The molecule has 2 aromatic rings. The summed E-state index contributed by atoms with van der Waals surface area (Å²) in [7, 11) is -3.92. The van der Waals surface area contributed by atoms with Crippen molar-refractivity contribution in [2.75, 3.05) is 0 Å². The molecule has 0 radical (unpaired) electrons. The average molecular weight is 372 g/mol. The zero-order chi connectivity index (χ0) is 17.0. The predicted molar refractivity (Wildman–Crippen MR) is 91.6 cm³/mol. The number of halogens is 2. The van der Waals surface area contributed by atoms with Gasteiger partial charge in [-0.15, -0.1) is 23.2 Å². The molecule has 0 saturated carbocycles. The van der Waals surface area contributed by atoms with Gasteiger partial charge in [-0.25, -0.2) is 8.42 Å². The SMILES string of the molecule is Cc1ccc(S(=O)(=O)[C@H](NC(=O)c2ccccc2)C(Cl)Cl)cc1. The second kappa shape index (κ2) is 7.34. The maximum absolute atomic E-state index is 12.7. The lowest BCUT2D eigenvalue weighted by Gasteiger charge is -2.20. The zero-order valence-electron chi connectivity index (χ0n) is 12.2. The topological polar surface area (TPSA) is 63.2 Å². The van der Waals surface area contributed by atoms with Crippen LogP contribution in [-0.2, 0) is 9.84 Å². The van der Waals surface area contributed by atoms with Crippen LogP contribution in [0.1, 0.15) is 15.9 Å². The van der Waals surface area contributed by atoms with Crippen LogP contribution < -0.4 is 5.32 Å². The molecule has 4 nitrogen and oxygen atoms in total. The standard InChI is InChI=1S/C16H15Cl2NO3S/c1-11-7-9-13(10-8-11)23(21,22)16(14(17)18)19-15(20)12-5-3-2-4-6-12/h2-10,14,16H,1H3,(H,19,20)/t16-/m0/s1. The molecule has 0 fully saturated rings. The third kappa shape index (κ3) is 4.25. The van der Waals surface area contributed by atoms with Crippen molar-refractivity contribution in [1.82, 2.24) is 5.32 Å². The van der Waals surface area contributed by atoms with Crippen LogP contribution in [0.4, 0.5) is 0 Å². The van der Waals surface area contributed by atoms with Gasteiger partial charge in [-0.3, -0.25) is 4.79 Å². The molecule has 0 unspecified atom stereocenters. The molecule has 0 heterocycles. The third-order valence-electron chi connectivity index (χ3n) is 3.22. The van der Waals surface area contributed by atoms with Gasteiger partial charge in [0.25, 0.3) is 5.91 Å². The Morgan fingerprint density at radius 3 is 2.09 bits per heavy atom. The molecule has 1 atom stereocenters. The van der Waals surface area contributed by atoms with E-state index in [4.69, 9.17) is 23.2 Å². The molecule has 1 N–H and O–H groups in total. The van der Waals surface area contributed by atoms with Gasteiger partial charge in [0.1, 0.15) is 4.84 Å². The van der Waals surface area contributed by atoms with E-state index < -0.39 is 26.0 Å². The number of alkyl halides is 2. The van der Waals surface area contributed by atoms with Crippen molar-refractivity contribution < 1.29 is 13.2 Å². The molecular formula is C16H15Cl2NO3S. The molecule has 0 aliphatic carbocycles. The van der Waals surface area contributed by atoms with Gasteiger partial charge in [0.05, 0.1) is 4.90 Å². The molecule has 23 heavy (non-hydrogen) atoms. The van der Waals surface area contributed by atoms with Crippen molar-refractivity contribution in [2.24, 2.45) is 0 Å². The summed E-state index contributed by atoms with van der Waals surface area (Å²) >= 11 is 11.6. The van der Waals surface area contributed by atoms with E-state index in [-0.39, 0.29) is 4.90 Å². The van der Waals surface area contributed by atoms with Crippen LogP contribution in [0.15, 0.2) is 59.5 Å². The van der Waals surface area contributed by atoms with Crippen molar-refractivity contribution in [3.8, 4) is 0 Å². The summed E-state index contributed by atoms with van der Waals surface area (Å²) in [6.45, 7) is 1.84. The fraction of sp³-hybridized carbons (Fsp3) is 0.188. The molecule has 0 aromatic heterocycles. The molecule has 0 saturated heterocycles. The number of amides is 1. The van der Waals surface area contributed by atoms with Gasteiger partial charge in [-0.1, -0.05) is 35.9 Å². The first-order valence-corrected chi connectivity index (χ1v) is 9.19. The van der Waals surface area contributed by atoms with Gasteiger partial charge < -0.3 is 5.32 Å². The Morgan fingerprint density at radius 2 is 1.57 bits per heavy atom. The van der Waals surface area contributed by atoms with Gasteiger partial charge in [-0.05, 0) is 31.2 Å². The van der Waals surface area contributed by atoms with Crippen molar-refractivity contribution in [2.45, 2.75) is 22.0 Å². The van der Waals surface area contributed by atoms with Gasteiger partial charge in [0, 0.05) is 5.56 Å². The first-order valence-electron chi connectivity index (χ1n) is 6.77. The Kier molecular flexibility index (Phi) is 5.68. The smallest absolute Gasteiger partial charge is 0.252 e. The molecular weight excluding hydrogens is 357 g/mol. The summed E-state index contributed by atoms with van der Waals surface area (Å²) in [5, 5.41) is 0.952. The molecule has 0 bridgehead atoms. The minimum absolute atomic E-state index is 0.0489. The lowest BCUT2D eigenvalue weighted by molar-refractivity contribution is 0.0949. The van der Waals surface area contributed by atoms with Crippen LogP contribution in [0.25, 0.3) is 0 Å². The van der Waals surface area contributed by atoms with Crippen molar-refractivity contribution in [1.29, 1.82) is 0 Å². The van der Waals surface area contributed by atoms with Crippen molar-refractivity contribution in [3.63, 3.8) is 0 Å². The fourth-order valence-electron chi connectivity index (χ4n) is 1.95. The second-order valence-corrected chi connectivity index (χ2v) is 8.19. The van der Waals surface area contributed by atoms with E-state index in [0.717, 1.165) is 5.56 Å². The summed E-state index contributed by atoms with van der Waals surface area (Å²) in [5.74, 6) is -0.558. The van der Waals surface area contributed by atoms with E-state index in [1.54, 1.807) is 42.5 Å². The minimum atomic E-state index is -3.92. The van der Waals surface area contributed by atoms with E-state index in [1.807, 2.05) is 6.92 Å². The number of hydrogen-bond acceptors (Lipinski definition) is 3. The van der Waals surface area contributed by atoms with Gasteiger partial charge in [-0.2, -0.15) is 0 Å². The quantitative estimate of drug-likeness (QED) is 0.819. The number of aryl methyl sites for hydroxylation is 1. The highest BCUT2D eigenvalue weighted by atomic mass is 35.5. The normalized spacial score (nSPS) is 12.9. The van der Waals surface area contributed by atoms with Crippen molar-refractivity contribution in [3.05, 3.63) is 65.7 Å². The summed E-state index contributed by atoms with van der Waals surface area (Å²) in [5.41, 5.74) is 1.24. The summed E-state index contributed by atoms with van der Waals surface area (Å²) in [6.07, 6.45) is 0. The van der Waals surface area contributed by atoms with E-state index >= 15 is 0 Å². The average Bonchev–Trinajstić information content (AvgIpc) is 2.53. The molecule has 1 amide bonds. The first kappa shape index (κ1) is 17.8. The van der Waals surface area contributed by atoms with Crippen LogP contribution in [0.3, 0.4) is 0 Å². The molecule has 0 aliphatic heterocycles. The van der Waals surface area contributed by atoms with Crippen LogP contribution >= 0.6 is 23.2 Å². The Morgan fingerprint density at radius 1 is 1.00 bits per heavy atom. The zero-order valence-corrected chi connectivity index (χ0v) is 14.6. The highest BCUT2D eigenvalue weighted by Gasteiger charge is 2.34. The van der Waals surface area contributed by atoms with E-state index in [2.05, 4.69) is 5.32 Å². The van der Waals surface area contributed by atoms with E-state index in [9.17, 15) is 13.2 Å². The van der Waals surface area contributed by atoms with E-state index in [0.29, 0.717) is 5.56 Å². The molecule has 122 valence electrons. The van der Waals surface area contributed by atoms with Crippen molar-refractivity contribution >= 4 is 38.9 Å². The Hall–Kier alpha value is -1.56. The number of carbonyl (C=O) groups excluding carboxylic acids is 1. The van der Waals surface area contributed by atoms with E-state index in [1.165, 1.54) is 12.1 Å². The predicted octanol–water partition coefficient (Wildman–Crippen LogP) is 3.33. The largest absolute Gasteiger partial charge is 0.333 e. The van der Waals surface area contributed by atoms with Crippen LogP contribution in [0, 0.1) is 6.92 Å². The lowest BCUT2D eigenvalue weighted by Crippen LogP contribution is -2.45. The minimum Gasteiger partial charge on any atom is -0.333 e. The molecule has 0 aliphatic rings. The Labute approximate surface area is 145 Å². The maximum atomic E-state index is 12.7. The monoisotopic (exact) mass is 371 g/mol. The first-order chi connectivity index (χ1) is 10.8. The Balaban J connectivity index is 2.31. The van der Waals surface area contributed by atoms with Crippen LogP contribution in [-0.4, -0.2) is 24.5 Å². The lowest BCUT2D eigenvalue weighted by atomic mass is 10.2. The van der Waals surface area contributed by atoms with Crippen LogP contribution in [0.5, 0.6) is 0 Å². The highest BCUT2D eigenvalue weighted by Crippen LogP contribution is 2.22. The summed E-state index contributed by atoms with van der Waals surface area (Å²) in [4.78, 5) is 10.9. The number of carbonyl (C=O) groups is 1.